The third-order valence-electron chi connectivity index (χ3n) is 6.97. The van der Waals surface area contributed by atoms with E-state index < -0.39 is 0 Å². The predicted octanol–water partition coefficient (Wildman–Crippen LogP) is 5.58. The molecule has 198 valence electrons. The lowest BCUT2D eigenvalue weighted by molar-refractivity contribution is 0.103. The molecule has 0 bridgehead atoms. The standard InChI is InChI=1S/C31H26N6O2S/c1-19-14-16-22(17-15-19)36-28(29(38)21-10-6-4-7-11-21)26(32)27(34-36)30-33-24(18-40-30)25-20(2)35(3)37(31(25)39)23-12-8-5-9-13-23/h4-18H,32H2,1-3H3. The predicted molar refractivity (Wildman–Crippen MR) is 158 cm³/mol. The first kappa shape index (κ1) is 25.3. The van der Waals surface area contributed by atoms with E-state index in [1.54, 1.807) is 21.5 Å². The molecule has 0 saturated heterocycles. The Balaban J connectivity index is 1.48. The van der Waals surface area contributed by atoms with Crippen molar-refractivity contribution in [1.29, 1.82) is 0 Å². The van der Waals surface area contributed by atoms with Crippen molar-refractivity contribution in [1.82, 2.24) is 24.1 Å². The van der Waals surface area contributed by atoms with Gasteiger partial charge in [0.15, 0.2) is 0 Å². The zero-order valence-corrected chi connectivity index (χ0v) is 23.0. The third kappa shape index (κ3) is 4.17. The number of nitrogen functional groups attached to an aromatic ring is 1. The fourth-order valence-corrected chi connectivity index (χ4v) is 5.57. The molecular weight excluding hydrogens is 520 g/mol. The average Bonchev–Trinajstić information content (AvgIpc) is 3.64. The highest BCUT2D eigenvalue weighted by molar-refractivity contribution is 7.13. The summed E-state index contributed by atoms with van der Waals surface area (Å²) in [5.74, 6) is -0.237. The van der Waals surface area contributed by atoms with Gasteiger partial charge in [0, 0.05) is 23.7 Å². The molecule has 6 aromatic rings. The van der Waals surface area contributed by atoms with Crippen LogP contribution >= 0.6 is 11.3 Å². The summed E-state index contributed by atoms with van der Waals surface area (Å²) in [7, 11) is 1.85. The zero-order chi connectivity index (χ0) is 28.0. The van der Waals surface area contributed by atoms with Crippen molar-refractivity contribution in [3.63, 3.8) is 0 Å². The van der Waals surface area contributed by atoms with Crippen LogP contribution in [0.2, 0.25) is 0 Å². The van der Waals surface area contributed by atoms with Gasteiger partial charge in [0.1, 0.15) is 16.4 Å². The first-order valence-corrected chi connectivity index (χ1v) is 13.6. The maximum Gasteiger partial charge on any atom is 0.281 e. The van der Waals surface area contributed by atoms with Crippen LogP contribution in [0.15, 0.2) is 95.1 Å². The van der Waals surface area contributed by atoms with E-state index in [2.05, 4.69) is 0 Å². The van der Waals surface area contributed by atoms with E-state index >= 15 is 0 Å². The van der Waals surface area contributed by atoms with E-state index in [-0.39, 0.29) is 22.7 Å². The van der Waals surface area contributed by atoms with Crippen molar-refractivity contribution >= 4 is 22.8 Å². The Labute approximate surface area is 234 Å². The van der Waals surface area contributed by atoms with Gasteiger partial charge >= 0.3 is 0 Å². The minimum atomic E-state index is -0.237. The number of nitrogens with zero attached hydrogens (tertiary/aromatic N) is 5. The Morgan fingerprint density at radius 3 is 2.20 bits per heavy atom. The van der Waals surface area contributed by atoms with Gasteiger partial charge in [-0.1, -0.05) is 66.2 Å². The summed E-state index contributed by atoms with van der Waals surface area (Å²) in [6.07, 6.45) is 0. The summed E-state index contributed by atoms with van der Waals surface area (Å²) in [6, 6.07) is 26.2. The molecule has 0 amide bonds. The molecule has 40 heavy (non-hydrogen) atoms. The van der Waals surface area contributed by atoms with E-state index in [0.717, 1.165) is 16.9 Å². The number of nitrogens with two attached hydrogens (primary N) is 1. The molecule has 3 aromatic heterocycles. The largest absolute Gasteiger partial charge is 0.395 e. The Bertz CT molecular complexity index is 1910. The van der Waals surface area contributed by atoms with Gasteiger partial charge in [-0.25, -0.2) is 14.3 Å². The molecule has 0 fully saturated rings. The SMILES string of the molecule is Cc1ccc(-n2nc(-c3nc(-c4c(C)n(C)n(-c5ccccc5)c4=O)cs3)c(N)c2C(=O)c2ccccc2)cc1. The van der Waals surface area contributed by atoms with Crippen molar-refractivity contribution < 1.29 is 4.79 Å². The highest BCUT2D eigenvalue weighted by Gasteiger charge is 2.27. The molecule has 0 spiro atoms. The molecule has 0 unspecified atom stereocenters. The Morgan fingerprint density at radius 2 is 1.52 bits per heavy atom. The number of benzene rings is 3. The minimum Gasteiger partial charge on any atom is -0.395 e. The molecule has 0 saturated carbocycles. The van der Waals surface area contributed by atoms with Crippen molar-refractivity contribution in [3.8, 4) is 33.3 Å². The molecule has 2 N–H and O–H groups in total. The lowest BCUT2D eigenvalue weighted by Crippen LogP contribution is -2.20. The fourth-order valence-electron chi connectivity index (χ4n) is 4.77. The number of hydrogen-bond donors (Lipinski definition) is 1. The summed E-state index contributed by atoms with van der Waals surface area (Å²) in [6.45, 7) is 3.89. The highest BCUT2D eigenvalue weighted by Crippen LogP contribution is 2.35. The van der Waals surface area contributed by atoms with Crippen LogP contribution in [0.3, 0.4) is 0 Å². The normalized spacial score (nSPS) is 11.2. The number of para-hydroxylation sites is 1. The van der Waals surface area contributed by atoms with Gasteiger partial charge in [-0.3, -0.25) is 14.3 Å². The number of carbonyl (C=O) groups is 1. The molecule has 0 aliphatic carbocycles. The van der Waals surface area contributed by atoms with E-state index in [1.165, 1.54) is 11.3 Å². The smallest absolute Gasteiger partial charge is 0.281 e. The number of aryl methyl sites for hydroxylation is 1. The quantitative estimate of drug-likeness (QED) is 0.275. The maximum atomic E-state index is 13.7. The zero-order valence-electron chi connectivity index (χ0n) is 22.2. The Morgan fingerprint density at radius 1 is 0.875 bits per heavy atom. The van der Waals surface area contributed by atoms with E-state index in [9.17, 15) is 9.59 Å². The second-order valence-electron chi connectivity index (χ2n) is 9.53. The molecule has 0 radical (unpaired) electrons. The summed E-state index contributed by atoms with van der Waals surface area (Å²) >= 11 is 1.33. The van der Waals surface area contributed by atoms with Crippen LogP contribution in [0, 0.1) is 13.8 Å². The number of anilines is 1. The van der Waals surface area contributed by atoms with Gasteiger partial charge in [-0.15, -0.1) is 11.3 Å². The van der Waals surface area contributed by atoms with Gasteiger partial charge in [0.05, 0.1) is 28.3 Å². The van der Waals surface area contributed by atoms with Crippen LogP contribution in [0.4, 0.5) is 5.69 Å². The molecule has 0 atom stereocenters. The van der Waals surface area contributed by atoms with Crippen LogP contribution in [-0.4, -0.2) is 29.9 Å². The number of rotatable bonds is 6. The number of thiazole rings is 1. The second kappa shape index (κ2) is 9.94. The number of hydrogen-bond acceptors (Lipinski definition) is 6. The summed E-state index contributed by atoms with van der Waals surface area (Å²) < 4.78 is 5.03. The Hall–Kier alpha value is -5.02. The number of aromatic nitrogens is 5. The lowest BCUT2D eigenvalue weighted by Gasteiger charge is -2.08. The van der Waals surface area contributed by atoms with Crippen LogP contribution in [-0.2, 0) is 7.05 Å². The van der Waals surface area contributed by atoms with Gasteiger partial charge in [0.2, 0.25) is 5.78 Å². The number of carbonyl (C=O) groups excluding carboxylic acids is 1. The van der Waals surface area contributed by atoms with Gasteiger partial charge in [0.25, 0.3) is 5.56 Å². The average molecular weight is 547 g/mol. The molecule has 9 heteroatoms. The van der Waals surface area contributed by atoms with E-state index in [0.29, 0.717) is 33.2 Å². The highest BCUT2D eigenvalue weighted by atomic mass is 32.1. The van der Waals surface area contributed by atoms with Gasteiger partial charge < -0.3 is 5.73 Å². The lowest BCUT2D eigenvalue weighted by atomic mass is 10.1. The monoisotopic (exact) mass is 546 g/mol. The molecule has 0 aliphatic heterocycles. The third-order valence-corrected chi connectivity index (χ3v) is 7.82. The topological polar surface area (TPSA) is 101 Å². The molecule has 6 rings (SSSR count). The fraction of sp³-hybridized carbons (Fsp3) is 0.0968. The molecule has 3 aromatic carbocycles. The van der Waals surface area contributed by atoms with Crippen molar-refractivity contribution in [3.05, 3.63) is 123 Å². The van der Waals surface area contributed by atoms with E-state index in [1.807, 2.05) is 104 Å². The second-order valence-corrected chi connectivity index (χ2v) is 10.4. The Kier molecular flexibility index (Phi) is 6.28. The van der Waals surface area contributed by atoms with E-state index in [4.69, 9.17) is 15.8 Å². The number of ketones is 1. The van der Waals surface area contributed by atoms with Gasteiger partial charge in [-0.2, -0.15) is 5.10 Å². The van der Waals surface area contributed by atoms with Crippen LogP contribution < -0.4 is 11.3 Å². The summed E-state index contributed by atoms with van der Waals surface area (Å²) in [4.78, 5) is 32.0. The van der Waals surface area contributed by atoms with Crippen molar-refractivity contribution in [2.45, 2.75) is 13.8 Å². The minimum absolute atomic E-state index is 0.166. The van der Waals surface area contributed by atoms with Crippen molar-refractivity contribution in [2.75, 3.05) is 5.73 Å². The molecule has 0 aliphatic rings. The van der Waals surface area contributed by atoms with Gasteiger partial charge in [-0.05, 0) is 38.1 Å². The molecule has 8 nitrogen and oxygen atoms in total. The summed E-state index contributed by atoms with van der Waals surface area (Å²) in [5.41, 5.74) is 12.3. The molecule has 3 heterocycles. The first-order chi connectivity index (χ1) is 19.3. The first-order valence-electron chi connectivity index (χ1n) is 12.7. The summed E-state index contributed by atoms with van der Waals surface area (Å²) in [5, 5.41) is 7.13. The maximum absolute atomic E-state index is 13.7. The molecular formula is C31H26N6O2S. The van der Waals surface area contributed by atoms with Crippen LogP contribution in [0.1, 0.15) is 27.3 Å². The van der Waals surface area contributed by atoms with Crippen molar-refractivity contribution in [2.24, 2.45) is 7.05 Å². The van der Waals surface area contributed by atoms with Crippen LogP contribution in [0.5, 0.6) is 0 Å². The van der Waals surface area contributed by atoms with Crippen LogP contribution in [0.25, 0.3) is 33.3 Å².